The van der Waals surface area contributed by atoms with Gasteiger partial charge >= 0.3 is 24.8 Å². The van der Waals surface area contributed by atoms with E-state index >= 15 is 0 Å². The normalized spacial score (nSPS) is 10.7. The van der Waals surface area contributed by atoms with Gasteiger partial charge in [-0.25, -0.2) is 0 Å². The summed E-state index contributed by atoms with van der Waals surface area (Å²) < 4.78 is 0. The van der Waals surface area contributed by atoms with E-state index in [0.717, 1.165) is 21.9 Å². The van der Waals surface area contributed by atoms with Gasteiger partial charge in [0.05, 0.1) is 6.04 Å². The van der Waals surface area contributed by atoms with Crippen molar-refractivity contribution in [2.75, 3.05) is 0 Å². The Morgan fingerprint density at radius 2 is 1.59 bits per heavy atom. The number of carboxylic acids is 1. The van der Waals surface area contributed by atoms with E-state index in [1.54, 1.807) is 18.2 Å². The first-order chi connectivity index (χ1) is 12.6. The summed E-state index contributed by atoms with van der Waals surface area (Å²) in [5.74, 6) is -1.06. The Balaban J connectivity index is 0.00000261. The van der Waals surface area contributed by atoms with Gasteiger partial charge in [-0.2, -0.15) is 0 Å². The van der Waals surface area contributed by atoms with Gasteiger partial charge in [0.15, 0.2) is 0 Å². The molecule has 7 heteroatoms. The largest absolute Gasteiger partial charge is 1.00 e. The quantitative estimate of drug-likeness (QED) is 0.590. The summed E-state index contributed by atoms with van der Waals surface area (Å²) in [7, 11) is 0. The van der Waals surface area contributed by atoms with Crippen LogP contribution in [0.25, 0.3) is 10.8 Å². The molecule has 0 aliphatic heterocycles. The zero-order valence-corrected chi connectivity index (χ0v) is 16.6. The second-order valence-corrected chi connectivity index (χ2v) is 6.31. The van der Waals surface area contributed by atoms with Crippen LogP contribution in [0.2, 0.25) is 0 Å². The monoisotopic (exact) mass is 389 g/mol. The molecule has 0 aliphatic carbocycles. The van der Waals surface area contributed by atoms with Gasteiger partial charge in [-0.3, -0.25) is 9.59 Å². The molecule has 0 aromatic heterocycles. The molecular weight excluding hydrogens is 365 g/mol. The van der Waals surface area contributed by atoms with Gasteiger partial charge in [-0.05, 0) is 41.3 Å². The van der Waals surface area contributed by atoms with E-state index in [1.165, 1.54) is 0 Å². The van der Waals surface area contributed by atoms with E-state index in [1.807, 2.05) is 43.3 Å². The Hall–Kier alpha value is -2.62. The number of rotatable bonds is 6. The molecule has 0 radical (unpaired) electrons. The number of aryl methyl sites for hydroxylation is 1. The van der Waals surface area contributed by atoms with Crippen LogP contribution < -0.4 is 24.2 Å². The molecule has 0 spiro atoms. The predicted molar refractivity (Wildman–Crippen MR) is 108 cm³/mol. The van der Waals surface area contributed by atoms with Crippen LogP contribution in [0.4, 0.5) is 0 Å². The molecule has 3 aromatic rings. The van der Waals surface area contributed by atoms with E-state index in [9.17, 15) is 9.59 Å². The topological polar surface area (TPSA) is 128 Å². The second-order valence-electron chi connectivity index (χ2n) is 6.31. The van der Waals surface area contributed by atoms with Crippen LogP contribution in [0.1, 0.15) is 40.9 Å². The molecule has 6 nitrogen and oxygen atoms in total. The summed E-state index contributed by atoms with van der Waals surface area (Å²) in [5.41, 5.74) is 2.33. The van der Waals surface area contributed by atoms with Crippen molar-refractivity contribution in [3.8, 4) is 0 Å². The Morgan fingerprint density at radius 1 is 0.966 bits per heavy atom. The summed E-state index contributed by atoms with van der Waals surface area (Å²) >= 11 is 0. The average molecular weight is 389 g/mol. The minimum absolute atomic E-state index is 0. The van der Waals surface area contributed by atoms with Crippen LogP contribution in [0.5, 0.6) is 0 Å². The fourth-order valence-electron chi connectivity index (χ4n) is 3.18. The minimum atomic E-state index is -0.871. The molecule has 1 amide bonds. The third-order valence-electron chi connectivity index (χ3n) is 4.51. The first kappa shape index (κ1) is 26.4. The van der Waals surface area contributed by atoms with E-state index in [-0.39, 0.29) is 48.2 Å². The Labute approximate surface area is 181 Å². The molecule has 29 heavy (non-hydrogen) atoms. The van der Waals surface area contributed by atoms with Crippen molar-refractivity contribution in [1.82, 2.24) is 5.32 Å². The maximum atomic E-state index is 12.8. The minimum Gasteiger partial charge on any atom is -0.870 e. The Bertz CT molecular complexity index is 955. The summed E-state index contributed by atoms with van der Waals surface area (Å²) in [5, 5.41) is 14.2. The molecule has 1 atom stereocenters. The Morgan fingerprint density at radius 3 is 2.31 bits per heavy atom. The molecule has 3 rings (SSSR count). The molecule has 0 unspecified atom stereocenters. The third kappa shape index (κ3) is 6.45. The molecule has 0 bridgehead atoms. The van der Waals surface area contributed by atoms with Crippen molar-refractivity contribution < 1.29 is 44.5 Å². The first-order valence-corrected chi connectivity index (χ1v) is 8.64. The number of hydrogen-bond acceptors (Lipinski definition) is 3. The van der Waals surface area contributed by atoms with Crippen molar-refractivity contribution >= 4 is 22.6 Å². The van der Waals surface area contributed by atoms with Crippen molar-refractivity contribution in [2.45, 2.75) is 25.8 Å². The number of fused-ring (bicyclic) bond motifs is 1. The number of nitrogens with one attached hydrogen (secondary N) is 1. The number of aliphatic carboxylic acids is 1. The van der Waals surface area contributed by atoms with Gasteiger partial charge in [-0.1, -0.05) is 60.7 Å². The fraction of sp³-hybridized carbons (Fsp3) is 0.182. The Kier molecular flexibility index (Phi) is 11.0. The van der Waals surface area contributed by atoms with E-state index in [2.05, 4.69) is 17.4 Å². The number of benzene rings is 3. The van der Waals surface area contributed by atoms with Crippen molar-refractivity contribution in [3.63, 3.8) is 0 Å². The van der Waals surface area contributed by atoms with Crippen LogP contribution in [-0.4, -0.2) is 27.9 Å². The predicted octanol–water partition coefficient (Wildman–Crippen LogP) is 0.351. The zero-order chi connectivity index (χ0) is 18.5. The van der Waals surface area contributed by atoms with Crippen LogP contribution in [-0.2, 0) is 11.2 Å². The van der Waals surface area contributed by atoms with Crippen molar-refractivity contribution in [1.29, 1.82) is 0 Å². The van der Waals surface area contributed by atoms with E-state index in [0.29, 0.717) is 12.0 Å². The fourth-order valence-corrected chi connectivity index (χ4v) is 3.18. The molecule has 5 N–H and O–H groups in total. The van der Waals surface area contributed by atoms with Crippen molar-refractivity contribution in [2.24, 2.45) is 0 Å². The second kappa shape index (κ2) is 12.0. The van der Waals surface area contributed by atoms with Crippen LogP contribution in [0, 0.1) is 0 Å². The maximum Gasteiger partial charge on any atom is 1.00 e. The van der Waals surface area contributed by atoms with Crippen LogP contribution in [0.3, 0.4) is 0 Å². The van der Waals surface area contributed by atoms with Gasteiger partial charge in [0.2, 0.25) is 0 Å². The summed E-state index contributed by atoms with van der Waals surface area (Å²) in [6, 6.07) is 21.1. The van der Waals surface area contributed by atoms with E-state index < -0.39 is 5.97 Å². The summed E-state index contributed by atoms with van der Waals surface area (Å²) in [6.07, 6.45) is 0.338. The van der Waals surface area contributed by atoms with Crippen LogP contribution in [0.15, 0.2) is 66.7 Å². The van der Waals surface area contributed by atoms with Crippen LogP contribution >= 0.6 is 0 Å². The van der Waals surface area contributed by atoms with Gasteiger partial charge in [0, 0.05) is 12.0 Å². The average Bonchev–Trinajstić information content (AvgIpc) is 2.66. The number of hydrogen-bond donors (Lipinski definition) is 2. The number of carbonyl (C=O) groups is 2. The smallest absolute Gasteiger partial charge is 0.870 e. The zero-order valence-electron chi connectivity index (χ0n) is 16.6. The summed E-state index contributed by atoms with van der Waals surface area (Å²) in [4.78, 5) is 23.6. The molecule has 0 saturated carbocycles. The molecular formula is C22H24LiNO5. The molecule has 0 aliphatic rings. The van der Waals surface area contributed by atoms with Gasteiger partial charge < -0.3 is 21.4 Å². The van der Waals surface area contributed by atoms with Crippen molar-refractivity contribution in [3.05, 3.63) is 83.4 Å². The summed E-state index contributed by atoms with van der Waals surface area (Å²) in [6.45, 7) is 1.96. The number of carbonyl (C=O) groups excluding carboxylic acids is 1. The number of carboxylic acid groups (broad SMARTS) is 1. The number of amides is 1. The standard InChI is InChI=1S/C22H21NO3.Li.2H2O/c1-15(18-12-6-9-16-7-2-4-10-19(16)18)23-22(26)20-11-5-3-8-17(20)13-14-21(24)25;;;/h2-12,15H,13-14H2,1H3,(H,23,26)(H,24,25);;2*1H2/q;+1;;/p-1/t15-;;;/m1.../s1. The molecule has 0 heterocycles. The van der Waals surface area contributed by atoms with Gasteiger partial charge in [-0.15, -0.1) is 0 Å². The molecule has 3 aromatic carbocycles. The van der Waals surface area contributed by atoms with Gasteiger partial charge in [0.1, 0.15) is 0 Å². The maximum absolute atomic E-state index is 12.8. The molecule has 148 valence electrons. The molecule has 0 saturated heterocycles. The van der Waals surface area contributed by atoms with E-state index in [4.69, 9.17) is 5.11 Å². The van der Waals surface area contributed by atoms with Gasteiger partial charge in [0.25, 0.3) is 5.91 Å². The molecule has 0 fully saturated rings. The third-order valence-corrected chi connectivity index (χ3v) is 4.51. The SMILES string of the molecule is C[C@@H](NC(=O)c1ccccc1CCC(=O)O)c1cccc2ccccc12.O.[Li+].[OH-]. The first-order valence-electron chi connectivity index (χ1n) is 8.64.